The second kappa shape index (κ2) is 4.99. The van der Waals surface area contributed by atoms with Crippen molar-refractivity contribution in [1.29, 1.82) is 0 Å². The molecule has 0 radical (unpaired) electrons. The van der Waals surface area contributed by atoms with E-state index < -0.39 is 5.66 Å². The predicted octanol–water partition coefficient (Wildman–Crippen LogP) is 2.64. The van der Waals surface area contributed by atoms with Crippen LogP contribution in [-0.2, 0) is 4.79 Å². The van der Waals surface area contributed by atoms with E-state index in [2.05, 4.69) is 22.9 Å². The van der Waals surface area contributed by atoms with Crippen molar-refractivity contribution in [1.82, 2.24) is 10.6 Å². The molecule has 1 aromatic rings. The smallest absolute Gasteiger partial charge is 0.255 e. The van der Waals surface area contributed by atoms with E-state index in [-0.39, 0.29) is 23.1 Å². The van der Waals surface area contributed by atoms with Crippen molar-refractivity contribution in [2.24, 2.45) is 17.3 Å². The molecule has 2 bridgehead atoms. The molecule has 0 aromatic heterocycles. The molecule has 25 heavy (non-hydrogen) atoms. The number of hydrogen-bond donors (Lipinski definition) is 3. The minimum absolute atomic E-state index is 0.00415. The van der Waals surface area contributed by atoms with Gasteiger partial charge in [-0.1, -0.05) is 19.1 Å². The van der Waals surface area contributed by atoms with E-state index in [1.165, 1.54) is 0 Å². The van der Waals surface area contributed by atoms with Crippen molar-refractivity contribution >= 4 is 17.5 Å². The maximum atomic E-state index is 12.8. The molecule has 0 saturated heterocycles. The van der Waals surface area contributed by atoms with Gasteiger partial charge >= 0.3 is 0 Å². The van der Waals surface area contributed by atoms with Gasteiger partial charge in [0, 0.05) is 23.6 Å². The molecule has 1 heterocycles. The molecule has 5 nitrogen and oxygen atoms in total. The second-order valence-corrected chi connectivity index (χ2v) is 8.73. The van der Waals surface area contributed by atoms with Crippen LogP contribution in [0.3, 0.4) is 0 Å². The maximum absolute atomic E-state index is 12.8. The molecule has 4 aliphatic carbocycles. The van der Waals surface area contributed by atoms with Crippen LogP contribution in [0.15, 0.2) is 24.3 Å². The molecule has 2 amide bonds. The molecule has 1 aromatic carbocycles. The van der Waals surface area contributed by atoms with Crippen molar-refractivity contribution in [2.75, 3.05) is 5.32 Å². The van der Waals surface area contributed by atoms with Crippen molar-refractivity contribution < 1.29 is 9.59 Å². The lowest BCUT2D eigenvalue weighted by Crippen LogP contribution is -2.70. The molecule has 3 N–H and O–H groups in total. The maximum Gasteiger partial charge on any atom is 0.255 e. The number of anilines is 1. The van der Waals surface area contributed by atoms with Gasteiger partial charge in [0.05, 0.1) is 5.56 Å². The van der Waals surface area contributed by atoms with Crippen LogP contribution in [0.4, 0.5) is 5.69 Å². The van der Waals surface area contributed by atoms with Gasteiger partial charge in [0.15, 0.2) is 0 Å². The van der Waals surface area contributed by atoms with Gasteiger partial charge in [0.1, 0.15) is 5.66 Å². The van der Waals surface area contributed by atoms with Gasteiger partial charge in [0.25, 0.3) is 5.91 Å². The fraction of sp³-hybridized carbons (Fsp3) is 0.600. The third kappa shape index (κ3) is 2.28. The summed E-state index contributed by atoms with van der Waals surface area (Å²) in [5.41, 5.74) is 1.15. The fourth-order valence-corrected chi connectivity index (χ4v) is 5.38. The lowest BCUT2D eigenvalue weighted by molar-refractivity contribution is -0.139. The first kappa shape index (κ1) is 15.2. The van der Waals surface area contributed by atoms with Gasteiger partial charge in [-0.25, -0.2) is 0 Å². The summed E-state index contributed by atoms with van der Waals surface area (Å²) < 4.78 is 0. The van der Waals surface area contributed by atoms with Gasteiger partial charge in [-0.2, -0.15) is 0 Å². The number of hydrogen-bond acceptors (Lipinski definition) is 3. The molecule has 5 aliphatic rings. The van der Waals surface area contributed by atoms with Crippen molar-refractivity contribution in [2.45, 2.75) is 57.2 Å². The average Bonchev–Trinajstić information content (AvgIpc) is 3.38. The molecule has 1 aliphatic heterocycles. The normalized spacial score (nSPS) is 38.7. The Bertz CT molecular complexity index is 759. The highest BCUT2D eigenvalue weighted by molar-refractivity contribution is 6.02. The largest absolute Gasteiger partial charge is 0.362 e. The minimum atomic E-state index is -0.408. The van der Waals surface area contributed by atoms with Crippen LogP contribution < -0.4 is 16.0 Å². The lowest BCUT2D eigenvalue weighted by atomic mass is 9.51. The van der Waals surface area contributed by atoms with E-state index in [9.17, 15) is 9.59 Å². The Morgan fingerprint density at radius 1 is 1.20 bits per heavy atom. The van der Waals surface area contributed by atoms with Crippen molar-refractivity contribution in [3.63, 3.8) is 0 Å². The first-order valence-electron chi connectivity index (χ1n) is 9.49. The summed E-state index contributed by atoms with van der Waals surface area (Å²) in [5, 5.41) is 10.1. The zero-order valence-corrected chi connectivity index (χ0v) is 14.6. The van der Waals surface area contributed by atoms with Crippen LogP contribution in [0.5, 0.6) is 0 Å². The SMILES string of the molecule is C[C@@]12CC[C@@H](C[C@H]1C(=O)NC1CC1)[C@]1(C2)NC(=O)c2ccccc2N1. The van der Waals surface area contributed by atoms with Crippen LogP contribution in [0.25, 0.3) is 0 Å². The Balaban J connectivity index is 1.44. The molecule has 5 heteroatoms. The highest BCUT2D eigenvalue weighted by Gasteiger charge is 2.60. The first-order chi connectivity index (χ1) is 12.0. The Morgan fingerprint density at radius 2 is 2.00 bits per heavy atom. The van der Waals surface area contributed by atoms with Gasteiger partial charge in [0.2, 0.25) is 5.91 Å². The van der Waals surface area contributed by atoms with E-state index in [1.54, 1.807) is 0 Å². The highest BCUT2D eigenvalue weighted by Crippen LogP contribution is 2.58. The number of amides is 2. The van der Waals surface area contributed by atoms with Gasteiger partial charge in [-0.3, -0.25) is 9.59 Å². The summed E-state index contributed by atoms with van der Waals surface area (Å²) in [6.45, 7) is 2.23. The number of carbonyl (C=O) groups excluding carboxylic acids is 2. The zero-order valence-electron chi connectivity index (χ0n) is 14.6. The molecule has 4 fully saturated rings. The first-order valence-corrected chi connectivity index (χ1v) is 9.49. The summed E-state index contributed by atoms with van der Waals surface area (Å²) >= 11 is 0. The van der Waals surface area contributed by atoms with Gasteiger partial charge in [-0.05, 0) is 56.1 Å². The number of nitrogens with one attached hydrogen (secondary N) is 3. The topological polar surface area (TPSA) is 70.2 Å². The number of para-hydroxylation sites is 1. The Hall–Kier alpha value is -2.04. The predicted molar refractivity (Wildman–Crippen MR) is 95.0 cm³/mol. The van der Waals surface area contributed by atoms with E-state index in [0.717, 1.165) is 44.2 Å². The summed E-state index contributed by atoms with van der Waals surface area (Å²) in [6, 6.07) is 8.11. The Morgan fingerprint density at radius 3 is 2.76 bits per heavy atom. The minimum Gasteiger partial charge on any atom is -0.362 e. The molecule has 4 atom stereocenters. The summed E-state index contributed by atoms with van der Waals surface area (Å²) in [7, 11) is 0. The summed E-state index contributed by atoms with van der Waals surface area (Å²) in [4.78, 5) is 25.4. The van der Waals surface area contributed by atoms with Crippen LogP contribution in [0.1, 0.15) is 55.8 Å². The standard InChI is InChI=1S/C20H25N3O2/c1-19-9-8-12(10-15(19)18(25)21-13-6-7-13)20(11-19)22-16-5-3-2-4-14(16)17(24)23-20/h2-5,12-13,15,22H,6-11H2,1H3,(H,21,25)(H,23,24)/t12-,15-,19-,20-/m0/s1. The number of rotatable bonds is 2. The third-order valence-electron chi connectivity index (χ3n) is 6.91. The number of benzene rings is 1. The van der Waals surface area contributed by atoms with Crippen molar-refractivity contribution in [3.8, 4) is 0 Å². The molecule has 132 valence electrons. The quantitative estimate of drug-likeness (QED) is 0.776. The number of fused-ring (bicyclic) bond motifs is 3. The summed E-state index contributed by atoms with van der Waals surface area (Å²) in [6.07, 6.45) is 6.02. The molecule has 0 unspecified atom stereocenters. The molecule has 4 saturated carbocycles. The van der Waals surface area contributed by atoms with Crippen LogP contribution in [0.2, 0.25) is 0 Å². The zero-order chi connectivity index (χ0) is 17.2. The van der Waals surface area contributed by atoms with Crippen molar-refractivity contribution in [3.05, 3.63) is 29.8 Å². The summed E-state index contributed by atoms with van der Waals surface area (Å²) in [5.74, 6) is 0.589. The van der Waals surface area contributed by atoms with E-state index in [4.69, 9.17) is 0 Å². The molecule has 1 spiro atoms. The highest BCUT2D eigenvalue weighted by atomic mass is 16.2. The van der Waals surface area contributed by atoms with Gasteiger partial charge in [-0.15, -0.1) is 0 Å². The third-order valence-corrected chi connectivity index (χ3v) is 6.91. The van der Waals surface area contributed by atoms with Crippen LogP contribution in [-0.4, -0.2) is 23.5 Å². The fourth-order valence-electron chi connectivity index (χ4n) is 5.38. The monoisotopic (exact) mass is 339 g/mol. The van der Waals surface area contributed by atoms with Gasteiger partial charge < -0.3 is 16.0 Å². The Kier molecular flexibility index (Phi) is 3.04. The molecule has 6 rings (SSSR count). The van der Waals surface area contributed by atoms with E-state index in [1.807, 2.05) is 24.3 Å². The molecular weight excluding hydrogens is 314 g/mol. The Labute approximate surface area is 147 Å². The molecular formula is C20H25N3O2. The number of carbonyl (C=O) groups is 2. The lowest BCUT2D eigenvalue weighted by Gasteiger charge is -2.60. The average molecular weight is 339 g/mol. The van der Waals surface area contributed by atoms with Crippen LogP contribution in [0, 0.1) is 17.3 Å². The second-order valence-electron chi connectivity index (χ2n) is 8.73. The van der Waals surface area contributed by atoms with E-state index in [0.29, 0.717) is 17.5 Å². The van der Waals surface area contributed by atoms with Crippen LogP contribution >= 0.6 is 0 Å². The van der Waals surface area contributed by atoms with E-state index >= 15 is 0 Å².